The molecule has 5 nitrogen and oxygen atoms in total. The van der Waals surface area contributed by atoms with Crippen molar-refractivity contribution in [3.63, 3.8) is 0 Å². The van der Waals surface area contributed by atoms with Crippen molar-refractivity contribution in [1.29, 1.82) is 0 Å². The highest BCUT2D eigenvalue weighted by Crippen LogP contribution is 2.22. The number of hydrazone groups is 1. The third-order valence-corrected chi connectivity index (χ3v) is 4.82. The van der Waals surface area contributed by atoms with Gasteiger partial charge in [0.05, 0.1) is 22.7 Å². The van der Waals surface area contributed by atoms with Crippen LogP contribution in [-0.4, -0.2) is 17.5 Å². The van der Waals surface area contributed by atoms with E-state index in [4.69, 9.17) is 23.2 Å². The minimum Gasteiger partial charge on any atom is -0.322 e. The molecule has 0 aliphatic carbocycles. The van der Waals surface area contributed by atoms with E-state index >= 15 is 0 Å². The van der Waals surface area contributed by atoms with Crippen molar-refractivity contribution in [2.24, 2.45) is 5.10 Å². The molecule has 2 N–H and O–H groups in total. The average Bonchev–Trinajstić information content (AvgIpc) is 2.73. The summed E-state index contributed by atoms with van der Waals surface area (Å²) >= 11 is 12.0. The molecule has 3 rings (SSSR count). The molecule has 0 bridgehead atoms. The SMILES string of the molecule is CC(=NNC(=O)Cc1ccccc1)c1cccc(NC(=O)c2ccc(Cl)cc2Cl)c1. The third-order valence-electron chi connectivity index (χ3n) is 4.27. The molecular weight excluding hydrogens is 421 g/mol. The zero-order chi connectivity index (χ0) is 21.5. The standard InChI is InChI=1S/C23H19Cl2N3O2/c1-15(27-28-22(29)12-16-6-3-2-4-7-16)17-8-5-9-19(13-17)26-23(30)20-11-10-18(24)14-21(20)25/h2-11,13-14H,12H2,1H3,(H,26,30)(H,28,29). The predicted molar refractivity (Wildman–Crippen MR) is 121 cm³/mol. The van der Waals surface area contributed by atoms with Crippen molar-refractivity contribution < 1.29 is 9.59 Å². The van der Waals surface area contributed by atoms with Crippen LogP contribution in [0.4, 0.5) is 5.69 Å². The maximum Gasteiger partial charge on any atom is 0.257 e. The predicted octanol–water partition coefficient (Wildman–Crippen LogP) is 5.33. The topological polar surface area (TPSA) is 70.6 Å². The Morgan fingerprint density at radius 1 is 0.933 bits per heavy atom. The average molecular weight is 440 g/mol. The number of carbonyl (C=O) groups is 2. The summed E-state index contributed by atoms with van der Waals surface area (Å²) in [4.78, 5) is 24.6. The van der Waals surface area contributed by atoms with Gasteiger partial charge in [-0.3, -0.25) is 9.59 Å². The smallest absolute Gasteiger partial charge is 0.257 e. The maximum absolute atomic E-state index is 12.5. The van der Waals surface area contributed by atoms with Crippen LogP contribution in [0.5, 0.6) is 0 Å². The molecule has 7 heteroatoms. The molecular formula is C23H19Cl2N3O2. The van der Waals surface area contributed by atoms with Crippen LogP contribution in [0, 0.1) is 0 Å². The summed E-state index contributed by atoms with van der Waals surface area (Å²) in [6, 6.07) is 21.3. The van der Waals surface area contributed by atoms with E-state index in [0.717, 1.165) is 11.1 Å². The second kappa shape index (κ2) is 10.1. The Morgan fingerprint density at radius 2 is 1.70 bits per heavy atom. The fourth-order valence-electron chi connectivity index (χ4n) is 2.73. The van der Waals surface area contributed by atoms with E-state index in [0.29, 0.717) is 22.0 Å². The van der Waals surface area contributed by atoms with E-state index in [1.807, 2.05) is 36.4 Å². The van der Waals surface area contributed by atoms with E-state index in [-0.39, 0.29) is 23.3 Å². The van der Waals surface area contributed by atoms with E-state index < -0.39 is 0 Å². The highest BCUT2D eigenvalue weighted by molar-refractivity contribution is 6.37. The van der Waals surface area contributed by atoms with Crippen LogP contribution < -0.4 is 10.7 Å². The van der Waals surface area contributed by atoms with Crippen LogP contribution in [0.15, 0.2) is 77.9 Å². The summed E-state index contributed by atoms with van der Waals surface area (Å²) in [5.41, 5.74) is 5.74. The largest absolute Gasteiger partial charge is 0.322 e. The lowest BCUT2D eigenvalue weighted by molar-refractivity contribution is -0.120. The lowest BCUT2D eigenvalue weighted by Crippen LogP contribution is -2.21. The second-order valence-electron chi connectivity index (χ2n) is 6.55. The first-order valence-electron chi connectivity index (χ1n) is 9.16. The Labute approximate surface area is 184 Å². The van der Waals surface area contributed by atoms with Gasteiger partial charge in [0.25, 0.3) is 5.91 Å². The van der Waals surface area contributed by atoms with Crippen LogP contribution in [-0.2, 0) is 11.2 Å². The van der Waals surface area contributed by atoms with Crippen LogP contribution in [0.25, 0.3) is 0 Å². The lowest BCUT2D eigenvalue weighted by atomic mass is 10.1. The monoisotopic (exact) mass is 439 g/mol. The number of benzene rings is 3. The number of amides is 2. The number of rotatable bonds is 6. The molecule has 3 aromatic carbocycles. The summed E-state index contributed by atoms with van der Waals surface area (Å²) in [5.74, 6) is -0.554. The fraction of sp³-hybridized carbons (Fsp3) is 0.0870. The number of nitrogens with one attached hydrogen (secondary N) is 2. The van der Waals surface area contributed by atoms with E-state index in [2.05, 4.69) is 15.8 Å². The van der Waals surface area contributed by atoms with E-state index in [1.165, 1.54) is 6.07 Å². The van der Waals surface area contributed by atoms with Crippen molar-refractivity contribution in [1.82, 2.24) is 5.43 Å². The highest BCUT2D eigenvalue weighted by Gasteiger charge is 2.11. The highest BCUT2D eigenvalue weighted by atomic mass is 35.5. The van der Waals surface area contributed by atoms with Crippen LogP contribution >= 0.6 is 23.2 Å². The lowest BCUT2D eigenvalue weighted by Gasteiger charge is -2.09. The van der Waals surface area contributed by atoms with Crippen LogP contribution in [0.1, 0.15) is 28.4 Å². The maximum atomic E-state index is 12.5. The number of carbonyl (C=O) groups excluding carboxylic acids is 2. The molecule has 0 unspecified atom stereocenters. The Morgan fingerprint density at radius 3 is 2.43 bits per heavy atom. The van der Waals surface area contributed by atoms with Gasteiger partial charge in [0.15, 0.2) is 0 Å². The van der Waals surface area contributed by atoms with Gasteiger partial charge in [-0.15, -0.1) is 0 Å². The minimum atomic E-state index is -0.348. The van der Waals surface area contributed by atoms with Gasteiger partial charge in [0.1, 0.15) is 0 Å². The van der Waals surface area contributed by atoms with Gasteiger partial charge in [-0.2, -0.15) is 5.10 Å². The first kappa shape index (κ1) is 21.6. The van der Waals surface area contributed by atoms with Crippen molar-refractivity contribution in [2.45, 2.75) is 13.3 Å². The first-order valence-corrected chi connectivity index (χ1v) is 9.92. The first-order chi connectivity index (χ1) is 14.4. The normalized spacial score (nSPS) is 11.1. The van der Waals surface area contributed by atoms with Gasteiger partial charge in [-0.25, -0.2) is 5.43 Å². The summed E-state index contributed by atoms with van der Waals surface area (Å²) in [7, 11) is 0. The molecule has 152 valence electrons. The number of nitrogens with zero attached hydrogens (tertiary/aromatic N) is 1. The van der Waals surface area contributed by atoms with Crippen molar-refractivity contribution in [3.8, 4) is 0 Å². The quantitative estimate of drug-likeness (QED) is 0.402. The molecule has 0 saturated heterocycles. The second-order valence-corrected chi connectivity index (χ2v) is 7.40. The number of halogens is 2. The zero-order valence-corrected chi connectivity index (χ0v) is 17.7. The Bertz CT molecular complexity index is 1100. The molecule has 0 aromatic heterocycles. The fourth-order valence-corrected chi connectivity index (χ4v) is 3.22. The van der Waals surface area contributed by atoms with Crippen molar-refractivity contribution in [2.75, 3.05) is 5.32 Å². The Balaban J connectivity index is 1.65. The summed E-state index contributed by atoms with van der Waals surface area (Å²) in [6.45, 7) is 1.78. The van der Waals surface area contributed by atoms with Crippen LogP contribution in [0.2, 0.25) is 10.0 Å². The zero-order valence-electron chi connectivity index (χ0n) is 16.2. The molecule has 3 aromatic rings. The summed E-state index contributed by atoms with van der Waals surface area (Å²) < 4.78 is 0. The van der Waals surface area contributed by atoms with Gasteiger partial charge in [-0.1, -0.05) is 65.7 Å². The molecule has 0 aliphatic rings. The van der Waals surface area contributed by atoms with Gasteiger partial charge in [-0.05, 0) is 48.4 Å². The van der Waals surface area contributed by atoms with Crippen molar-refractivity contribution >= 4 is 46.4 Å². The van der Waals surface area contributed by atoms with Gasteiger partial charge < -0.3 is 5.32 Å². The molecule has 0 spiro atoms. The number of anilines is 1. The third kappa shape index (κ3) is 5.92. The number of hydrogen-bond acceptors (Lipinski definition) is 3. The molecule has 0 atom stereocenters. The van der Waals surface area contributed by atoms with Gasteiger partial charge in [0.2, 0.25) is 5.91 Å². The van der Waals surface area contributed by atoms with Crippen molar-refractivity contribution in [3.05, 3.63) is 99.5 Å². The number of hydrogen-bond donors (Lipinski definition) is 2. The van der Waals surface area contributed by atoms with Gasteiger partial charge >= 0.3 is 0 Å². The molecule has 30 heavy (non-hydrogen) atoms. The summed E-state index contributed by atoms with van der Waals surface area (Å²) in [5, 5.41) is 7.70. The Hall–Kier alpha value is -3.15. The molecule has 0 aliphatic heterocycles. The molecule has 2 amide bonds. The van der Waals surface area contributed by atoms with Crippen LogP contribution in [0.3, 0.4) is 0 Å². The molecule has 0 heterocycles. The Kier molecular flexibility index (Phi) is 7.22. The van der Waals surface area contributed by atoms with E-state index in [1.54, 1.807) is 37.3 Å². The minimum absolute atomic E-state index is 0.206. The van der Waals surface area contributed by atoms with Gasteiger partial charge in [0, 0.05) is 10.7 Å². The molecule has 0 radical (unpaired) electrons. The van der Waals surface area contributed by atoms with E-state index in [9.17, 15) is 9.59 Å². The molecule has 0 saturated carbocycles. The molecule has 0 fully saturated rings. The summed E-state index contributed by atoms with van der Waals surface area (Å²) in [6.07, 6.45) is 0.246.